The van der Waals surface area contributed by atoms with Gasteiger partial charge in [-0.05, 0) is 70.4 Å². The summed E-state index contributed by atoms with van der Waals surface area (Å²) in [7, 11) is 0. The fraction of sp³-hybridized carbons (Fsp3) is 0.500. The van der Waals surface area contributed by atoms with E-state index in [1.165, 1.54) is 27.4 Å². The Kier molecular flexibility index (Phi) is 6.78. The SMILES string of the molecule is CCc1csc(CCCCc2c(C)noc2CCc2cnc(C)c(C)c2)n1. The van der Waals surface area contributed by atoms with Crippen LogP contribution >= 0.6 is 11.3 Å². The average molecular weight is 384 g/mol. The molecule has 0 bridgehead atoms. The van der Waals surface area contributed by atoms with Crippen molar-refractivity contribution in [1.29, 1.82) is 0 Å². The van der Waals surface area contributed by atoms with Gasteiger partial charge in [-0.15, -0.1) is 11.3 Å². The van der Waals surface area contributed by atoms with Crippen molar-refractivity contribution in [3.63, 3.8) is 0 Å². The highest BCUT2D eigenvalue weighted by Crippen LogP contribution is 2.20. The molecular weight excluding hydrogens is 354 g/mol. The number of aryl methyl sites for hydroxylation is 7. The summed E-state index contributed by atoms with van der Waals surface area (Å²) < 4.78 is 5.62. The zero-order valence-corrected chi connectivity index (χ0v) is 17.7. The van der Waals surface area contributed by atoms with Gasteiger partial charge in [-0.3, -0.25) is 4.98 Å². The van der Waals surface area contributed by atoms with Gasteiger partial charge in [-0.2, -0.15) is 0 Å². The van der Waals surface area contributed by atoms with Crippen molar-refractivity contribution < 1.29 is 4.52 Å². The number of pyridine rings is 1. The third kappa shape index (κ3) is 5.25. The molecule has 27 heavy (non-hydrogen) atoms. The highest BCUT2D eigenvalue weighted by Gasteiger charge is 2.13. The Bertz CT molecular complexity index is 882. The van der Waals surface area contributed by atoms with E-state index in [0.717, 1.165) is 62.1 Å². The largest absolute Gasteiger partial charge is 0.361 e. The van der Waals surface area contributed by atoms with Gasteiger partial charge in [0.1, 0.15) is 5.76 Å². The quantitative estimate of drug-likeness (QED) is 0.467. The topological polar surface area (TPSA) is 51.8 Å². The van der Waals surface area contributed by atoms with Gasteiger partial charge in [0.15, 0.2) is 0 Å². The molecule has 3 aromatic heterocycles. The van der Waals surface area contributed by atoms with Crippen molar-refractivity contribution in [3.8, 4) is 0 Å². The van der Waals surface area contributed by atoms with Crippen LogP contribution in [0.15, 0.2) is 22.2 Å². The summed E-state index contributed by atoms with van der Waals surface area (Å²) in [6.07, 6.45) is 9.21. The average Bonchev–Trinajstić information content (AvgIpc) is 3.26. The highest BCUT2D eigenvalue weighted by molar-refractivity contribution is 7.09. The van der Waals surface area contributed by atoms with E-state index in [0.29, 0.717) is 0 Å². The van der Waals surface area contributed by atoms with E-state index < -0.39 is 0 Å². The number of nitrogens with zero attached hydrogens (tertiary/aromatic N) is 3. The van der Waals surface area contributed by atoms with E-state index in [2.05, 4.69) is 40.4 Å². The zero-order valence-electron chi connectivity index (χ0n) is 16.8. The van der Waals surface area contributed by atoms with Crippen LogP contribution in [0, 0.1) is 20.8 Å². The van der Waals surface area contributed by atoms with Gasteiger partial charge in [0.2, 0.25) is 0 Å². The van der Waals surface area contributed by atoms with Crippen LogP contribution in [-0.2, 0) is 32.1 Å². The van der Waals surface area contributed by atoms with E-state index in [-0.39, 0.29) is 0 Å². The fourth-order valence-electron chi connectivity index (χ4n) is 3.25. The number of aromatic nitrogens is 3. The summed E-state index contributed by atoms with van der Waals surface area (Å²) in [5, 5.41) is 7.65. The number of hydrogen-bond acceptors (Lipinski definition) is 5. The first-order valence-corrected chi connectivity index (χ1v) is 10.7. The van der Waals surface area contributed by atoms with Crippen molar-refractivity contribution in [2.75, 3.05) is 0 Å². The molecule has 0 aliphatic heterocycles. The monoisotopic (exact) mass is 383 g/mol. The Balaban J connectivity index is 1.52. The van der Waals surface area contributed by atoms with Crippen LogP contribution in [0.1, 0.15) is 64.3 Å². The lowest BCUT2D eigenvalue weighted by Crippen LogP contribution is -1.98. The fourth-order valence-corrected chi connectivity index (χ4v) is 4.18. The van der Waals surface area contributed by atoms with Gasteiger partial charge < -0.3 is 4.52 Å². The minimum absolute atomic E-state index is 0.882. The van der Waals surface area contributed by atoms with Gasteiger partial charge in [0, 0.05) is 29.3 Å². The lowest BCUT2D eigenvalue weighted by molar-refractivity contribution is 0.378. The van der Waals surface area contributed by atoms with Crippen LogP contribution in [0.2, 0.25) is 0 Å². The van der Waals surface area contributed by atoms with Crippen LogP contribution in [0.5, 0.6) is 0 Å². The van der Waals surface area contributed by atoms with Crippen molar-refractivity contribution in [2.45, 2.75) is 72.6 Å². The van der Waals surface area contributed by atoms with E-state index in [1.54, 1.807) is 11.3 Å². The van der Waals surface area contributed by atoms with Gasteiger partial charge in [0.25, 0.3) is 0 Å². The second-order valence-electron chi connectivity index (χ2n) is 7.21. The normalized spacial score (nSPS) is 11.3. The molecule has 0 radical (unpaired) electrons. The lowest BCUT2D eigenvalue weighted by Gasteiger charge is -2.05. The number of unbranched alkanes of at least 4 members (excludes halogenated alkanes) is 1. The summed E-state index contributed by atoms with van der Waals surface area (Å²) in [6.45, 7) is 8.37. The number of hydrogen-bond donors (Lipinski definition) is 0. The molecule has 0 aromatic carbocycles. The van der Waals surface area contributed by atoms with Crippen LogP contribution < -0.4 is 0 Å². The minimum Gasteiger partial charge on any atom is -0.361 e. The van der Waals surface area contributed by atoms with Crippen LogP contribution in [0.4, 0.5) is 0 Å². The van der Waals surface area contributed by atoms with E-state index in [1.807, 2.05) is 20.0 Å². The zero-order chi connectivity index (χ0) is 19.2. The van der Waals surface area contributed by atoms with Crippen molar-refractivity contribution in [2.24, 2.45) is 0 Å². The van der Waals surface area contributed by atoms with Crippen LogP contribution in [0.3, 0.4) is 0 Å². The molecule has 0 aliphatic carbocycles. The minimum atomic E-state index is 0.882. The van der Waals surface area contributed by atoms with Crippen LogP contribution in [-0.4, -0.2) is 15.1 Å². The maximum atomic E-state index is 5.62. The Labute approximate surface area is 166 Å². The Hall–Kier alpha value is -2.01. The molecule has 0 fully saturated rings. The summed E-state index contributed by atoms with van der Waals surface area (Å²) in [5.74, 6) is 1.04. The molecule has 0 saturated carbocycles. The predicted octanol–water partition coefficient (Wildman–Crippen LogP) is 5.36. The number of rotatable bonds is 9. The molecule has 3 heterocycles. The Morgan fingerprint density at radius 1 is 1.00 bits per heavy atom. The predicted molar refractivity (Wildman–Crippen MR) is 110 cm³/mol. The summed E-state index contributed by atoms with van der Waals surface area (Å²) in [6, 6.07) is 2.23. The van der Waals surface area contributed by atoms with Gasteiger partial charge in [-0.1, -0.05) is 18.1 Å². The van der Waals surface area contributed by atoms with Crippen LogP contribution in [0.25, 0.3) is 0 Å². The molecule has 5 heteroatoms. The molecule has 0 saturated heterocycles. The second kappa shape index (κ2) is 9.27. The van der Waals surface area contributed by atoms with Crippen molar-refractivity contribution in [1.82, 2.24) is 15.1 Å². The van der Waals surface area contributed by atoms with Crippen molar-refractivity contribution in [3.05, 3.63) is 62.2 Å². The van der Waals surface area contributed by atoms with E-state index >= 15 is 0 Å². The van der Waals surface area contributed by atoms with Crippen molar-refractivity contribution >= 4 is 11.3 Å². The molecule has 3 rings (SSSR count). The Morgan fingerprint density at radius 3 is 2.56 bits per heavy atom. The molecule has 144 valence electrons. The first-order chi connectivity index (χ1) is 13.1. The second-order valence-corrected chi connectivity index (χ2v) is 8.15. The molecule has 3 aromatic rings. The summed E-state index contributed by atoms with van der Waals surface area (Å²) >= 11 is 1.79. The molecule has 0 aliphatic rings. The maximum absolute atomic E-state index is 5.62. The smallest absolute Gasteiger partial charge is 0.140 e. The number of thiazole rings is 1. The standard InChI is InChI=1S/C22H29N3OS/c1-5-19-14-27-22(24-19)9-7-6-8-20-17(4)25-26-21(20)11-10-18-12-15(2)16(3)23-13-18/h12-14H,5-11H2,1-4H3. The third-order valence-electron chi connectivity index (χ3n) is 5.13. The summed E-state index contributed by atoms with van der Waals surface area (Å²) in [4.78, 5) is 9.12. The van der Waals surface area contributed by atoms with Gasteiger partial charge >= 0.3 is 0 Å². The van der Waals surface area contributed by atoms with Gasteiger partial charge in [-0.25, -0.2) is 4.98 Å². The Morgan fingerprint density at radius 2 is 1.81 bits per heavy atom. The lowest BCUT2D eigenvalue weighted by atomic mass is 10.0. The summed E-state index contributed by atoms with van der Waals surface area (Å²) in [5.41, 5.74) is 7.14. The van der Waals surface area contributed by atoms with Gasteiger partial charge in [0.05, 0.1) is 16.4 Å². The molecule has 0 spiro atoms. The van der Waals surface area contributed by atoms with E-state index in [4.69, 9.17) is 4.52 Å². The molecule has 0 unspecified atom stereocenters. The third-order valence-corrected chi connectivity index (χ3v) is 6.09. The maximum Gasteiger partial charge on any atom is 0.140 e. The molecule has 0 atom stereocenters. The molecule has 4 nitrogen and oxygen atoms in total. The molecular formula is C22H29N3OS. The first kappa shape index (κ1) is 19.7. The van der Waals surface area contributed by atoms with E-state index in [9.17, 15) is 0 Å². The molecule has 0 N–H and O–H groups in total. The first-order valence-electron chi connectivity index (χ1n) is 9.86. The molecule has 0 amide bonds. The highest BCUT2D eigenvalue weighted by atomic mass is 32.1.